The Hall–Kier alpha value is -3.46. The molecule has 0 aliphatic carbocycles. The first-order chi connectivity index (χ1) is 14.5. The quantitative estimate of drug-likeness (QED) is 0.223. The number of nitrogen functional groups attached to an aromatic ring is 1. The predicted octanol–water partition coefficient (Wildman–Crippen LogP) is 7.10. The summed E-state index contributed by atoms with van der Waals surface area (Å²) in [6.07, 6.45) is 1.93. The fourth-order valence-corrected chi connectivity index (χ4v) is 3.67. The van der Waals surface area contributed by atoms with E-state index in [0.717, 1.165) is 62.9 Å². The number of allylic oxidation sites excluding steroid dienone is 1. The third-order valence-corrected chi connectivity index (χ3v) is 5.57. The SMILES string of the molecule is C=C(CC)c1cc(CC)cc(C(C)=Nc2ccc3cc4ccc(N)cc4nc3c2)c1. The summed E-state index contributed by atoms with van der Waals surface area (Å²) in [6, 6.07) is 20.8. The molecule has 4 aromatic rings. The van der Waals surface area contributed by atoms with Crippen molar-refractivity contribution in [3.8, 4) is 0 Å². The lowest BCUT2D eigenvalue weighted by atomic mass is 9.96. The highest BCUT2D eigenvalue weighted by Crippen LogP contribution is 2.26. The molecule has 150 valence electrons. The zero-order valence-electron chi connectivity index (χ0n) is 17.9. The van der Waals surface area contributed by atoms with E-state index < -0.39 is 0 Å². The zero-order chi connectivity index (χ0) is 21.3. The molecule has 0 atom stereocenters. The number of hydrogen-bond acceptors (Lipinski definition) is 3. The van der Waals surface area contributed by atoms with Crippen LogP contribution in [0.4, 0.5) is 11.4 Å². The molecule has 3 heteroatoms. The summed E-state index contributed by atoms with van der Waals surface area (Å²) in [5.74, 6) is 0. The molecule has 0 fully saturated rings. The molecular weight excluding hydrogens is 366 g/mol. The smallest absolute Gasteiger partial charge is 0.0731 e. The van der Waals surface area contributed by atoms with Gasteiger partial charge in [-0.05, 0) is 84.5 Å². The Kier molecular flexibility index (Phi) is 5.37. The van der Waals surface area contributed by atoms with Crippen molar-refractivity contribution in [1.82, 2.24) is 4.98 Å². The maximum absolute atomic E-state index is 5.93. The molecule has 0 aliphatic rings. The molecule has 0 amide bonds. The lowest BCUT2D eigenvalue weighted by Crippen LogP contribution is -1.98. The minimum Gasteiger partial charge on any atom is -0.399 e. The molecule has 0 saturated heterocycles. The van der Waals surface area contributed by atoms with Crippen LogP contribution in [0.25, 0.3) is 27.4 Å². The molecule has 2 N–H and O–H groups in total. The van der Waals surface area contributed by atoms with Gasteiger partial charge in [0.2, 0.25) is 0 Å². The monoisotopic (exact) mass is 393 g/mol. The predicted molar refractivity (Wildman–Crippen MR) is 131 cm³/mol. The molecule has 1 heterocycles. The number of aliphatic imine (C=N–C) groups is 1. The molecule has 0 aliphatic heterocycles. The Balaban J connectivity index is 1.76. The van der Waals surface area contributed by atoms with E-state index in [9.17, 15) is 0 Å². The lowest BCUT2D eigenvalue weighted by molar-refractivity contribution is 1.13. The first-order valence-electron chi connectivity index (χ1n) is 10.4. The highest BCUT2D eigenvalue weighted by Gasteiger charge is 2.07. The maximum Gasteiger partial charge on any atom is 0.0731 e. The van der Waals surface area contributed by atoms with Crippen molar-refractivity contribution < 1.29 is 0 Å². The third-order valence-electron chi connectivity index (χ3n) is 5.57. The van der Waals surface area contributed by atoms with Gasteiger partial charge in [0.25, 0.3) is 0 Å². The van der Waals surface area contributed by atoms with Crippen molar-refractivity contribution >= 4 is 44.5 Å². The van der Waals surface area contributed by atoms with E-state index in [-0.39, 0.29) is 0 Å². The van der Waals surface area contributed by atoms with Crippen molar-refractivity contribution in [3.05, 3.63) is 83.9 Å². The van der Waals surface area contributed by atoms with Gasteiger partial charge in [-0.1, -0.05) is 38.6 Å². The molecule has 0 radical (unpaired) electrons. The van der Waals surface area contributed by atoms with Gasteiger partial charge < -0.3 is 5.73 Å². The van der Waals surface area contributed by atoms with Gasteiger partial charge in [-0.3, -0.25) is 4.99 Å². The van der Waals surface area contributed by atoms with Crippen LogP contribution in [0.5, 0.6) is 0 Å². The first-order valence-corrected chi connectivity index (χ1v) is 10.4. The Morgan fingerprint density at radius 2 is 1.60 bits per heavy atom. The van der Waals surface area contributed by atoms with E-state index in [1.807, 2.05) is 30.3 Å². The fraction of sp³-hybridized carbons (Fsp3) is 0.185. The second kappa shape index (κ2) is 8.11. The van der Waals surface area contributed by atoms with E-state index in [1.165, 1.54) is 11.1 Å². The number of pyridine rings is 1. The number of hydrogen-bond donors (Lipinski definition) is 1. The normalized spacial score (nSPS) is 11.9. The maximum atomic E-state index is 5.93. The third kappa shape index (κ3) is 3.97. The lowest BCUT2D eigenvalue weighted by Gasteiger charge is -2.10. The summed E-state index contributed by atoms with van der Waals surface area (Å²) in [5.41, 5.74) is 15.1. The second-order valence-electron chi connectivity index (χ2n) is 7.74. The van der Waals surface area contributed by atoms with Crippen molar-refractivity contribution in [3.63, 3.8) is 0 Å². The van der Waals surface area contributed by atoms with Gasteiger partial charge in [-0.15, -0.1) is 0 Å². The number of nitrogens with zero attached hydrogens (tertiary/aromatic N) is 2. The highest BCUT2D eigenvalue weighted by atomic mass is 14.8. The Labute approximate surface area is 178 Å². The van der Waals surface area contributed by atoms with E-state index in [2.05, 4.69) is 57.7 Å². The largest absolute Gasteiger partial charge is 0.399 e. The molecule has 0 saturated carbocycles. The molecule has 3 nitrogen and oxygen atoms in total. The highest BCUT2D eigenvalue weighted by molar-refractivity contribution is 6.02. The topological polar surface area (TPSA) is 51.3 Å². The minimum atomic E-state index is 0.722. The van der Waals surface area contributed by atoms with Gasteiger partial charge in [0.1, 0.15) is 0 Å². The van der Waals surface area contributed by atoms with Crippen molar-refractivity contribution in [2.24, 2.45) is 4.99 Å². The van der Waals surface area contributed by atoms with Crippen molar-refractivity contribution in [2.45, 2.75) is 33.6 Å². The van der Waals surface area contributed by atoms with Crippen LogP contribution in [0.15, 0.2) is 72.2 Å². The Morgan fingerprint density at radius 1 is 0.900 bits per heavy atom. The summed E-state index contributed by atoms with van der Waals surface area (Å²) in [7, 11) is 0. The van der Waals surface area contributed by atoms with Crippen LogP contribution >= 0.6 is 0 Å². The number of nitrogens with two attached hydrogens (primary N) is 1. The van der Waals surface area contributed by atoms with E-state index >= 15 is 0 Å². The fourth-order valence-electron chi connectivity index (χ4n) is 3.67. The number of benzene rings is 3. The molecule has 0 unspecified atom stereocenters. The van der Waals surface area contributed by atoms with Gasteiger partial charge >= 0.3 is 0 Å². The Bertz CT molecular complexity index is 1300. The summed E-state index contributed by atoms with van der Waals surface area (Å²) >= 11 is 0. The molecule has 30 heavy (non-hydrogen) atoms. The summed E-state index contributed by atoms with van der Waals surface area (Å²) in [5, 5.41) is 2.18. The molecule has 0 bridgehead atoms. The van der Waals surface area contributed by atoms with Crippen LogP contribution in [0, 0.1) is 0 Å². The van der Waals surface area contributed by atoms with E-state index in [0.29, 0.717) is 0 Å². The molecule has 4 rings (SSSR count). The minimum absolute atomic E-state index is 0.722. The van der Waals surface area contributed by atoms with Crippen LogP contribution in [0.3, 0.4) is 0 Å². The number of fused-ring (bicyclic) bond motifs is 2. The van der Waals surface area contributed by atoms with Crippen LogP contribution in [0.2, 0.25) is 0 Å². The van der Waals surface area contributed by atoms with Crippen LogP contribution in [0.1, 0.15) is 43.9 Å². The second-order valence-corrected chi connectivity index (χ2v) is 7.74. The van der Waals surface area contributed by atoms with Gasteiger partial charge in [0, 0.05) is 22.2 Å². The summed E-state index contributed by atoms with van der Waals surface area (Å²) in [4.78, 5) is 9.70. The zero-order valence-corrected chi connectivity index (χ0v) is 17.9. The van der Waals surface area contributed by atoms with Crippen LogP contribution in [-0.4, -0.2) is 10.7 Å². The average Bonchev–Trinajstić information content (AvgIpc) is 2.76. The van der Waals surface area contributed by atoms with Gasteiger partial charge in [0.15, 0.2) is 0 Å². The van der Waals surface area contributed by atoms with E-state index in [4.69, 9.17) is 15.7 Å². The van der Waals surface area contributed by atoms with Gasteiger partial charge in [0.05, 0.1) is 16.7 Å². The summed E-state index contributed by atoms with van der Waals surface area (Å²) in [6.45, 7) is 10.6. The summed E-state index contributed by atoms with van der Waals surface area (Å²) < 4.78 is 0. The average molecular weight is 394 g/mol. The van der Waals surface area contributed by atoms with Gasteiger partial charge in [-0.2, -0.15) is 0 Å². The van der Waals surface area contributed by atoms with Crippen molar-refractivity contribution in [1.29, 1.82) is 0 Å². The molecule has 0 spiro atoms. The number of aryl methyl sites for hydroxylation is 1. The van der Waals surface area contributed by atoms with Crippen molar-refractivity contribution in [2.75, 3.05) is 5.73 Å². The standard InChI is InChI=1S/C27H27N3/c1-5-17(3)22-11-19(6-2)12-23(14-22)18(4)29-25-10-8-21-13-20-7-9-24(28)15-26(20)30-27(21)16-25/h7-16H,3,5-6,28H2,1-2,4H3. The number of anilines is 1. The van der Waals surface area contributed by atoms with Gasteiger partial charge in [-0.25, -0.2) is 4.98 Å². The number of aromatic nitrogens is 1. The van der Waals surface area contributed by atoms with E-state index in [1.54, 1.807) is 0 Å². The first kappa shape index (κ1) is 19.8. The molecular formula is C27H27N3. The Morgan fingerprint density at radius 3 is 2.33 bits per heavy atom. The number of rotatable bonds is 5. The van der Waals surface area contributed by atoms with Crippen LogP contribution < -0.4 is 5.73 Å². The molecule has 3 aromatic carbocycles. The molecule has 1 aromatic heterocycles. The van der Waals surface area contributed by atoms with Crippen LogP contribution in [-0.2, 0) is 6.42 Å².